The molecule has 0 spiro atoms. The molecular weight excluding hydrogens is 616 g/mol. The van der Waals surface area contributed by atoms with Crippen molar-refractivity contribution in [2.24, 2.45) is 11.8 Å². The first-order chi connectivity index (χ1) is 24.1. The predicted octanol–water partition coefficient (Wildman–Crippen LogP) is 10.6. The number of rotatable bonds is 32. The number of hydrogen-bond acceptors (Lipinski definition) is 7. The number of unbranched alkanes of at least 4 members (excludes halogenated alkanes) is 18. The molecule has 0 N–H and O–H groups in total. The zero-order valence-electron chi connectivity index (χ0n) is 31.7. The van der Waals surface area contributed by atoms with Crippen LogP contribution in [-0.2, 0) is 33.3 Å². The third-order valence-corrected chi connectivity index (χ3v) is 11.6. The van der Waals surface area contributed by atoms with E-state index in [0.717, 1.165) is 25.7 Å². The van der Waals surface area contributed by atoms with Crippen LogP contribution in [-0.4, -0.2) is 61.8 Å². The number of hydrogen-bond donors (Lipinski definition) is 0. The first-order valence-corrected chi connectivity index (χ1v) is 21.4. The summed E-state index contributed by atoms with van der Waals surface area (Å²) >= 11 is 0. The van der Waals surface area contributed by atoms with Gasteiger partial charge in [-0.15, -0.1) is 0 Å². The molecule has 3 heterocycles. The van der Waals surface area contributed by atoms with Crippen LogP contribution >= 0.6 is 0 Å². The van der Waals surface area contributed by atoms with Gasteiger partial charge in [-0.25, -0.2) is 0 Å². The molecule has 7 nitrogen and oxygen atoms in total. The molecule has 7 heteroatoms. The lowest BCUT2D eigenvalue weighted by Crippen LogP contribution is -2.37. The fourth-order valence-electron chi connectivity index (χ4n) is 8.06. The summed E-state index contributed by atoms with van der Waals surface area (Å²) in [6.07, 6.45) is 35.9. The average molecular weight is 691 g/mol. The number of fused-ring (bicyclic) bond motifs is 1. The second-order valence-electron chi connectivity index (χ2n) is 15.9. The standard InChI is InChI=1S/C42H74O7/c1-3-5-25-35-37(47-35)27-21-17-13-9-7-11-15-19-23-29-45-41(43)33-31-39-40(49-39)32-34(33)42(44)46-30-24-20-16-12-8-10-14-18-22-28-38-36(48-38)26-6-4-2/h33-40H,3-32H2,1-2H3. The summed E-state index contributed by atoms with van der Waals surface area (Å²) in [5.41, 5.74) is 0. The van der Waals surface area contributed by atoms with Crippen molar-refractivity contribution in [1.82, 2.24) is 0 Å². The molecule has 0 aromatic carbocycles. The van der Waals surface area contributed by atoms with Gasteiger partial charge in [0.2, 0.25) is 0 Å². The van der Waals surface area contributed by atoms with Crippen LogP contribution in [0.15, 0.2) is 0 Å². The van der Waals surface area contributed by atoms with Crippen molar-refractivity contribution in [2.75, 3.05) is 13.2 Å². The average Bonchev–Trinajstić information content (AvgIpc) is 4.02. The molecule has 0 amide bonds. The van der Waals surface area contributed by atoms with Crippen LogP contribution in [0.1, 0.15) is 194 Å². The van der Waals surface area contributed by atoms with E-state index in [2.05, 4.69) is 13.8 Å². The Balaban J connectivity index is 0.915. The predicted molar refractivity (Wildman–Crippen MR) is 196 cm³/mol. The van der Waals surface area contributed by atoms with Crippen molar-refractivity contribution >= 4 is 11.9 Å². The second-order valence-corrected chi connectivity index (χ2v) is 15.9. The molecular formula is C42H74O7. The quantitative estimate of drug-likeness (QED) is 0.0394. The number of carbonyl (C=O) groups excluding carboxylic acids is 2. The van der Waals surface area contributed by atoms with E-state index >= 15 is 0 Å². The molecule has 0 aromatic heterocycles. The molecule has 8 unspecified atom stereocenters. The number of ether oxygens (including phenoxy) is 5. The van der Waals surface area contributed by atoms with Crippen molar-refractivity contribution in [3.05, 3.63) is 0 Å². The monoisotopic (exact) mass is 691 g/mol. The Labute approximate surface area is 300 Å². The SMILES string of the molecule is CCCCC1OC1CCCCCCCCCCCOC(=O)C1CC2OC2CC1C(=O)OCCCCCCCCCCCC1OC1CCCC. The van der Waals surface area contributed by atoms with Crippen molar-refractivity contribution in [2.45, 2.75) is 230 Å². The van der Waals surface area contributed by atoms with Crippen molar-refractivity contribution in [3.63, 3.8) is 0 Å². The lowest BCUT2D eigenvalue weighted by molar-refractivity contribution is -0.162. The van der Waals surface area contributed by atoms with E-state index in [9.17, 15) is 9.59 Å². The van der Waals surface area contributed by atoms with E-state index in [1.807, 2.05) is 0 Å². The third kappa shape index (κ3) is 16.8. The van der Waals surface area contributed by atoms with E-state index in [1.165, 1.54) is 141 Å². The number of carbonyl (C=O) groups is 2. The van der Waals surface area contributed by atoms with Crippen molar-refractivity contribution < 1.29 is 33.3 Å². The molecule has 49 heavy (non-hydrogen) atoms. The van der Waals surface area contributed by atoms with E-state index in [0.29, 0.717) is 50.5 Å². The Morgan fingerprint density at radius 2 is 0.735 bits per heavy atom. The maximum atomic E-state index is 13.0. The van der Waals surface area contributed by atoms with Crippen LogP contribution in [0.5, 0.6) is 0 Å². The fraction of sp³-hybridized carbons (Fsp3) is 0.952. The molecule has 0 aromatic rings. The van der Waals surface area contributed by atoms with Crippen molar-refractivity contribution in [1.29, 1.82) is 0 Å². The zero-order valence-corrected chi connectivity index (χ0v) is 31.7. The maximum absolute atomic E-state index is 13.0. The Kier molecular flexibility index (Phi) is 20.0. The molecule has 4 aliphatic rings. The molecule has 4 rings (SSSR count). The van der Waals surface area contributed by atoms with Gasteiger partial charge in [0.25, 0.3) is 0 Å². The lowest BCUT2D eigenvalue weighted by atomic mass is 9.79. The Bertz CT molecular complexity index is 824. The van der Waals surface area contributed by atoms with Gasteiger partial charge >= 0.3 is 11.9 Å². The highest BCUT2D eigenvalue weighted by molar-refractivity contribution is 5.82. The van der Waals surface area contributed by atoms with E-state index < -0.39 is 11.8 Å². The molecule has 1 aliphatic carbocycles. The minimum absolute atomic E-state index is 0.112. The van der Waals surface area contributed by atoms with Crippen LogP contribution in [0.3, 0.4) is 0 Å². The summed E-state index contributed by atoms with van der Waals surface area (Å²) in [6, 6.07) is 0. The van der Waals surface area contributed by atoms with Gasteiger partial charge in [-0.1, -0.05) is 142 Å². The smallest absolute Gasteiger partial charge is 0.309 e. The van der Waals surface area contributed by atoms with E-state index in [4.69, 9.17) is 23.7 Å². The van der Waals surface area contributed by atoms with Gasteiger partial charge in [0, 0.05) is 0 Å². The van der Waals surface area contributed by atoms with Crippen LogP contribution in [0.25, 0.3) is 0 Å². The van der Waals surface area contributed by atoms with Gasteiger partial charge in [-0.3, -0.25) is 9.59 Å². The highest BCUT2D eigenvalue weighted by Gasteiger charge is 2.53. The van der Waals surface area contributed by atoms with E-state index in [-0.39, 0.29) is 24.1 Å². The molecule has 8 atom stereocenters. The van der Waals surface area contributed by atoms with Crippen LogP contribution in [0.2, 0.25) is 0 Å². The Morgan fingerprint density at radius 1 is 0.429 bits per heavy atom. The Morgan fingerprint density at radius 3 is 1.08 bits per heavy atom. The molecule has 0 radical (unpaired) electrons. The minimum Gasteiger partial charge on any atom is -0.465 e. The summed E-state index contributed by atoms with van der Waals surface area (Å²) in [4.78, 5) is 26.0. The number of esters is 2. The highest BCUT2D eigenvalue weighted by atomic mass is 16.6. The van der Waals surface area contributed by atoms with Crippen LogP contribution in [0, 0.1) is 11.8 Å². The van der Waals surface area contributed by atoms with Gasteiger partial charge < -0.3 is 23.7 Å². The van der Waals surface area contributed by atoms with Gasteiger partial charge in [0.15, 0.2) is 0 Å². The first kappa shape index (κ1) is 40.6. The highest BCUT2D eigenvalue weighted by Crippen LogP contribution is 2.44. The molecule has 4 fully saturated rings. The largest absolute Gasteiger partial charge is 0.465 e. The zero-order chi connectivity index (χ0) is 34.5. The summed E-state index contributed by atoms with van der Waals surface area (Å²) in [5, 5.41) is 0. The van der Waals surface area contributed by atoms with Crippen molar-refractivity contribution in [3.8, 4) is 0 Å². The lowest BCUT2D eigenvalue weighted by Gasteiger charge is -2.26. The molecule has 0 bridgehead atoms. The molecule has 1 saturated carbocycles. The molecule has 3 aliphatic heterocycles. The Hall–Kier alpha value is -1.18. The minimum atomic E-state index is -0.427. The fourth-order valence-corrected chi connectivity index (χ4v) is 8.06. The summed E-state index contributed by atoms with van der Waals surface area (Å²) < 4.78 is 28.6. The van der Waals surface area contributed by atoms with Gasteiger partial charge in [-0.2, -0.15) is 0 Å². The third-order valence-electron chi connectivity index (χ3n) is 11.6. The normalized spacial score (nSPS) is 28.2. The molecule has 284 valence electrons. The topological polar surface area (TPSA) is 90.2 Å². The summed E-state index contributed by atoms with van der Waals surface area (Å²) in [5.74, 6) is -1.32. The summed E-state index contributed by atoms with van der Waals surface area (Å²) in [7, 11) is 0. The first-order valence-electron chi connectivity index (χ1n) is 21.4. The van der Waals surface area contributed by atoms with E-state index in [1.54, 1.807) is 0 Å². The van der Waals surface area contributed by atoms with Gasteiger partial charge in [0.05, 0.1) is 61.7 Å². The summed E-state index contributed by atoms with van der Waals surface area (Å²) in [6.45, 7) is 5.39. The second kappa shape index (κ2) is 24.1. The van der Waals surface area contributed by atoms with Gasteiger partial charge in [-0.05, 0) is 51.4 Å². The maximum Gasteiger partial charge on any atom is 0.309 e. The van der Waals surface area contributed by atoms with Crippen LogP contribution < -0.4 is 0 Å². The number of epoxide rings is 3. The molecule has 3 saturated heterocycles. The van der Waals surface area contributed by atoms with Gasteiger partial charge in [0.1, 0.15) is 0 Å². The van der Waals surface area contributed by atoms with Crippen LogP contribution in [0.4, 0.5) is 0 Å².